The van der Waals surface area contributed by atoms with Gasteiger partial charge in [-0.25, -0.2) is 4.79 Å². The summed E-state index contributed by atoms with van der Waals surface area (Å²) in [6.07, 6.45) is 2.47. The molecule has 2 aromatic carbocycles. The minimum Gasteiger partial charge on any atom is -0.480 e. The molecule has 0 bridgehead atoms. The molecule has 0 aliphatic heterocycles. The smallest absolute Gasteiger partial charge is 0.336 e. The summed E-state index contributed by atoms with van der Waals surface area (Å²) in [5.74, 6) is -2.81. The number of aromatic carboxylic acids is 1. The van der Waals surface area contributed by atoms with E-state index in [-0.39, 0.29) is 17.7 Å². The van der Waals surface area contributed by atoms with Crippen molar-refractivity contribution in [3.05, 3.63) is 93.4 Å². The van der Waals surface area contributed by atoms with E-state index >= 15 is 0 Å². The number of unbranched alkanes of at least 4 members (excludes halogenated alkanes) is 1. The van der Waals surface area contributed by atoms with Gasteiger partial charge in [-0.05, 0) is 47.7 Å². The van der Waals surface area contributed by atoms with Crippen molar-refractivity contribution >= 4 is 17.8 Å². The molecule has 2 N–H and O–H groups in total. The fraction of sp³-hybridized carbons (Fsp3) is 0.259. The molecule has 3 aromatic rings. The zero-order chi connectivity index (χ0) is 25.5. The number of rotatable bonds is 10. The van der Waals surface area contributed by atoms with Gasteiger partial charge < -0.3 is 19.7 Å². The molecular formula is C27H28N2O6. The highest BCUT2D eigenvalue weighted by atomic mass is 16.4. The van der Waals surface area contributed by atoms with E-state index in [0.717, 1.165) is 34.6 Å². The van der Waals surface area contributed by atoms with Gasteiger partial charge in [-0.15, -0.1) is 0 Å². The first kappa shape index (κ1) is 25.4. The number of hydrogen-bond acceptors (Lipinski definition) is 4. The van der Waals surface area contributed by atoms with Crippen molar-refractivity contribution in [3.63, 3.8) is 0 Å². The highest BCUT2D eigenvalue weighted by molar-refractivity contribution is 5.96. The summed E-state index contributed by atoms with van der Waals surface area (Å²) < 4.78 is 1.55. The summed E-state index contributed by atoms with van der Waals surface area (Å²) in [7, 11) is 1.35. The molecule has 0 aliphatic carbocycles. The van der Waals surface area contributed by atoms with Crippen LogP contribution in [0.15, 0.2) is 65.5 Å². The van der Waals surface area contributed by atoms with Crippen molar-refractivity contribution < 1.29 is 24.6 Å². The fourth-order valence-corrected chi connectivity index (χ4v) is 3.90. The number of pyridine rings is 1. The van der Waals surface area contributed by atoms with Gasteiger partial charge in [0.1, 0.15) is 12.1 Å². The van der Waals surface area contributed by atoms with Crippen LogP contribution in [0.4, 0.5) is 0 Å². The third kappa shape index (κ3) is 6.03. The number of hydrogen-bond donors (Lipinski definition) is 2. The van der Waals surface area contributed by atoms with Gasteiger partial charge >= 0.3 is 11.9 Å². The molecule has 0 unspecified atom stereocenters. The van der Waals surface area contributed by atoms with E-state index in [1.165, 1.54) is 13.1 Å². The summed E-state index contributed by atoms with van der Waals surface area (Å²) >= 11 is 0. The molecule has 0 atom stereocenters. The lowest BCUT2D eigenvalue weighted by molar-refractivity contribution is -0.137. The number of aromatic nitrogens is 1. The number of carboxylic acid groups (broad SMARTS) is 2. The highest BCUT2D eigenvalue weighted by Gasteiger charge is 2.20. The third-order valence-electron chi connectivity index (χ3n) is 5.76. The summed E-state index contributed by atoms with van der Waals surface area (Å²) in [5.41, 5.74) is 2.59. The zero-order valence-electron chi connectivity index (χ0n) is 19.7. The minimum absolute atomic E-state index is 0.0824. The number of carbonyl (C=O) groups is 3. The van der Waals surface area contributed by atoms with E-state index in [4.69, 9.17) is 5.11 Å². The maximum Gasteiger partial charge on any atom is 0.336 e. The lowest BCUT2D eigenvalue weighted by Crippen LogP contribution is -2.37. The summed E-state index contributed by atoms with van der Waals surface area (Å²) in [4.78, 5) is 49.6. The predicted octanol–water partition coefficient (Wildman–Crippen LogP) is 3.76. The maximum absolute atomic E-state index is 13.3. The van der Waals surface area contributed by atoms with Crippen molar-refractivity contribution in [2.45, 2.75) is 32.7 Å². The quantitative estimate of drug-likeness (QED) is 0.460. The van der Waals surface area contributed by atoms with Gasteiger partial charge in [0.05, 0.1) is 12.1 Å². The van der Waals surface area contributed by atoms with Gasteiger partial charge in [-0.1, -0.05) is 55.8 Å². The first-order chi connectivity index (χ1) is 16.7. The summed E-state index contributed by atoms with van der Waals surface area (Å²) in [6.45, 7) is 1.77. The number of aryl methyl sites for hydroxylation is 1. The number of benzene rings is 2. The van der Waals surface area contributed by atoms with E-state index in [1.807, 2.05) is 24.3 Å². The standard InChI is InChI=1S/C27H28N2O6/c1-3-4-7-20-14-15-23(25(32)28(2)17-24(30)31)26(33)29(20)16-18-10-12-19(13-11-18)21-8-5-6-9-22(21)27(34)35/h5-6,8-15H,3-4,7,16-17H2,1-2H3,(H,30,31)(H,34,35). The molecule has 35 heavy (non-hydrogen) atoms. The molecule has 0 saturated heterocycles. The molecule has 0 aliphatic rings. The molecule has 8 nitrogen and oxygen atoms in total. The maximum atomic E-state index is 13.3. The summed E-state index contributed by atoms with van der Waals surface area (Å²) in [5, 5.41) is 18.4. The number of likely N-dealkylation sites (N-methyl/N-ethyl adjacent to an activating group) is 1. The second-order valence-corrected chi connectivity index (χ2v) is 8.34. The van der Waals surface area contributed by atoms with Crippen LogP contribution in [0.2, 0.25) is 0 Å². The zero-order valence-corrected chi connectivity index (χ0v) is 19.7. The van der Waals surface area contributed by atoms with Gasteiger partial charge in [-0.3, -0.25) is 14.4 Å². The average Bonchev–Trinajstić information content (AvgIpc) is 2.84. The SMILES string of the molecule is CCCCc1ccc(C(=O)N(C)CC(=O)O)c(=O)n1Cc1ccc(-c2ccccc2C(=O)O)cc1. The van der Waals surface area contributed by atoms with Crippen molar-refractivity contribution in [1.82, 2.24) is 9.47 Å². The molecular weight excluding hydrogens is 448 g/mol. The Bertz CT molecular complexity index is 1290. The molecule has 3 rings (SSSR count). The van der Waals surface area contributed by atoms with Crippen LogP contribution in [0.3, 0.4) is 0 Å². The van der Waals surface area contributed by atoms with Gasteiger partial charge in [0.2, 0.25) is 0 Å². The largest absolute Gasteiger partial charge is 0.480 e. The Hall–Kier alpha value is -4.20. The Balaban J connectivity index is 1.96. The number of nitrogens with zero attached hydrogens (tertiary/aromatic N) is 2. The van der Waals surface area contributed by atoms with Crippen LogP contribution in [0.1, 0.15) is 51.7 Å². The minimum atomic E-state index is -1.16. The third-order valence-corrected chi connectivity index (χ3v) is 5.76. The molecule has 1 aromatic heterocycles. The molecule has 182 valence electrons. The van der Waals surface area contributed by atoms with Crippen molar-refractivity contribution in [2.24, 2.45) is 0 Å². The van der Waals surface area contributed by atoms with Crippen LogP contribution < -0.4 is 5.56 Å². The molecule has 0 saturated carbocycles. The molecule has 0 radical (unpaired) electrons. The van der Waals surface area contributed by atoms with Gasteiger partial charge in [-0.2, -0.15) is 0 Å². The van der Waals surface area contributed by atoms with E-state index in [9.17, 15) is 24.3 Å². The topological polar surface area (TPSA) is 117 Å². The Kier molecular flexibility index (Phi) is 8.20. The van der Waals surface area contributed by atoms with Gasteiger partial charge in [0.25, 0.3) is 11.5 Å². The number of carbonyl (C=O) groups excluding carboxylic acids is 1. The molecule has 8 heteroatoms. The van der Waals surface area contributed by atoms with Crippen LogP contribution in [0.25, 0.3) is 11.1 Å². The van der Waals surface area contributed by atoms with E-state index in [1.54, 1.807) is 34.9 Å². The first-order valence-electron chi connectivity index (χ1n) is 11.3. The second kappa shape index (κ2) is 11.3. The lowest BCUT2D eigenvalue weighted by Gasteiger charge is -2.18. The van der Waals surface area contributed by atoms with Crippen LogP contribution in [-0.2, 0) is 17.8 Å². The first-order valence-corrected chi connectivity index (χ1v) is 11.3. The van der Waals surface area contributed by atoms with E-state index in [2.05, 4.69) is 6.92 Å². The van der Waals surface area contributed by atoms with Crippen molar-refractivity contribution in [1.29, 1.82) is 0 Å². The van der Waals surface area contributed by atoms with E-state index < -0.39 is 29.9 Å². The van der Waals surface area contributed by atoms with Crippen LogP contribution in [-0.4, -0.2) is 51.1 Å². The Morgan fingerprint density at radius 1 is 0.914 bits per heavy atom. The monoisotopic (exact) mass is 476 g/mol. The molecule has 1 heterocycles. The van der Waals surface area contributed by atoms with Crippen LogP contribution in [0.5, 0.6) is 0 Å². The molecule has 0 spiro atoms. The highest BCUT2D eigenvalue weighted by Crippen LogP contribution is 2.24. The second-order valence-electron chi connectivity index (χ2n) is 8.34. The predicted molar refractivity (Wildman–Crippen MR) is 132 cm³/mol. The number of amides is 1. The Morgan fingerprint density at radius 2 is 1.60 bits per heavy atom. The molecule has 1 amide bonds. The Labute approximate surface area is 203 Å². The lowest BCUT2D eigenvalue weighted by atomic mass is 9.98. The number of aliphatic carboxylic acids is 1. The molecule has 0 fully saturated rings. The van der Waals surface area contributed by atoms with Gasteiger partial charge in [0, 0.05) is 12.7 Å². The Morgan fingerprint density at radius 3 is 2.23 bits per heavy atom. The summed E-state index contributed by atoms with van der Waals surface area (Å²) in [6, 6.07) is 17.2. The average molecular weight is 477 g/mol. The van der Waals surface area contributed by atoms with Crippen LogP contribution >= 0.6 is 0 Å². The normalized spacial score (nSPS) is 10.7. The van der Waals surface area contributed by atoms with Crippen molar-refractivity contribution in [2.75, 3.05) is 13.6 Å². The fourth-order valence-electron chi connectivity index (χ4n) is 3.90. The number of carboxylic acids is 2. The van der Waals surface area contributed by atoms with Crippen LogP contribution in [0, 0.1) is 0 Å². The van der Waals surface area contributed by atoms with Crippen molar-refractivity contribution in [3.8, 4) is 11.1 Å². The van der Waals surface area contributed by atoms with Gasteiger partial charge in [0.15, 0.2) is 0 Å². The van der Waals surface area contributed by atoms with E-state index in [0.29, 0.717) is 12.0 Å².